The fourth-order valence-electron chi connectivity index (χ4n) is 1.88. The number of alkyl halides is 2. The van der Waals surface area contributed by atoms with Gasteiger partial charge >= 0.3 is 13.3 Å². The van der Waals surface area contributed by atoms with E-state index >= 15 is 0 Å². The average Bonchev–Trinajstić information content (AvgIpc) is 2.94. The number of hydrogen-bond acceptors (Lipinski definition) is 6. The van der Waals surface area contributed by atoms with Crippen molar-refractivity contribution in [2.75, 3.05) is 20.0 Å². The van der Waals surface area contributed by atoms with Crippen molar-refractivity contribution in [2.24, 2.45) is 0 Å². The molecule has 0 radical (unpaired) electrons. The molecule has 9 heteroatoms. The standard InChI is InChI=1S/C13H15F2O6P/c1-3-20-22(17,21-4-2)13(14,15)12(16)9-5-6-10-11(7-9)19-8-18-10/h5-7H,3-4,8H2,1-2H3. The lowest BCUT2D eigenvalue weighted by molar-refractivity contribution is 0.0322. The SMILES string of the molecule is CCOP(=O)(OCC)C(F)(F)C(=O)c1ccc2c(c1)OCO2. The second kappa shape index (κ2) is 6.32. The smallest absolute Gasteiger partial charge is 0.408 e. The van der Waals surface area contributed by atoms with Crippen molar-refractivity contribution in [3.63, 3.8) is 0 Å². The molecular formula is C13H15F2O6P. The van der Waals surface area contributed by atoms with Gasteiger partial charge in [-0.15, -0.1) is 0 Å². The fourth-order valence-corrected chi connectivity index (χ4v) is 3.33. The van der Waals surface area contributed by atoms with Gasteiger partial charge in [-0.1, -0.05) is 0 Å². The van der Waals surface area contributed by atoms with Crippen molar-refractivity contribution in [3.8, 4) is 11.5 Å². The third kappa shape index (κ3) is 2.86. The molecule has 0 fully saturated rings. The highest BCUT2D eigenvalue weighted by Crippen LogP contribution is 2.62. The van der Waals surface area contributed by atoms with Crippen LogP contribution in [0.15, 0.2) is 18.2 Å². The van der Waals surface area contributed by atoms with Crippen LogP contribution in [0.1, 0.15) is 24.2 Å². The molecule has 22 heavy (non-hydrogen) atoms. The number of Topliss-reactive ketones (excluding diaryl/α,β-unsaturated/α-hetero) is 1. The van der Waals surface area contributed by atoms with Crippen LogP contribution in [0.4, 0.5) is 8.78 Å². The van der Waals surface area contributed by atoms with E-state index in [0.717, 1.165) is 12.1 Å². The van der Waals surface area contributed by atoms with E-state index in [-0.39, 0.29) is 31.3 Å². The first-order valence-corrected chi connectivity index (χ1v) is 8.11. The van der Waals surface area contributed by atoms with E-state index in [4.69, 9.17) is 9.47 Å². The maximum absolute atomic E-state index is 14.3. The van der Waals surface area contributed by atoms with Crippen LogP contribution in [0.25, 0.3) is 0 Å². The van der Waals surface area contributed by atoms with Crippen LogP contribution in [0, 0.1) is 0 Å². The van der Waals surface area contributed by atoms with Crippen LogP contribution in [0.2, 0.25) is 0 Å². The number of benzene rings is 1. The summed E-state index contributed by atoms with van der Waals surface area (Å²) in [5, 5.41) is 0. The first-order valence-electron chi connectivity index (χ1n) is 6.57. The molecule has 2 rings (SSSR count). The van der Waals surface area contributed by atoms with Crippen LogP contribution in [-0.2, 0) is 13.6 Å². The van der Waals surface area contributed by atoms with Crippen LogP contribution in [0.5, 0.6) is 11.5 Å². The third-order valence-electron chi connectivity index (χ3n) is 2.85. The number of ether oxygens (including phenoxy) is 2. The molecule has 1 aromatic rings. The molecular weight excluding hydrogens is 321 g/mol. The van der Waals surface area contributed by atoms with E-state index < -0.39 is 19.0 Å². The molecule has 1 aliphatic heterocycles. The van der Waals surface area contributed by atoms with E-state index in [1.165, 1.54) is 19.9 Å². The maximum Gasteiger partial charge on any atom is 0.408 e. The Labute approximate surface area is 125 Å². The second-order valence-electron chi connectivity index (χ2n) is 4.27. The summed E-state index contributed by atoms with van der Waals surface area (Å²) in [4.78, 5) is 12.1. The quantitative estimate of drug-likeness (QED) is 0.561. The van der Waals surface area contributed by atoms with Crippen LogP contribution in [-0.4, -0.2) is 31.5 Å². The molecule has 0 saturated heterocycles. The molecule has 0 amide bonds. The van der Waals surface area contributed by atoms with Crippen molar-refractivity contribution in [3.05, 3.63) is 23.8 Å². The average molecular weight is 336 g/mol. The van der Waals surface area contributed by atoms with Crippen molar-refractivity contribution in [2.45, 2.75) is 19.5 Å². The Morgan fingerprint density at radius 1 is 1.23 bits per heavy atom. The van der Waals surface area contributed by atoms with Gasteiger partial charge in [-0.05, 0) is 32.0 Å². The highest BCUT2D eigenvalue weighted by molar-refractivity contribution is 7.56. The number of carbonyl (C=O) groups is 1. The predicted molar refractivity (Wildman–Crippen MR) is 72.7 cm³/mol. The molecule has 122 valence electrons. The minimum absolute atomic E-state index is 0.0558. The van der Waals surface area contributed by atoms with Crippen LogP contribution in [0.3, 0.4) is 0 Å². The Kier molecular flexibility index (Phi) is 4.84. The lowest BCUT2D eigenvalue weighted by atomic mass is 10.1. The number of fused-ring (bicyclic) bond motifs is 1. The van der Waals surface area contributed by atoms with E-state index in [0.29, 0.717) is 5.75 Å². The summed E-state index contributed by atoms with van der Waals surface area (Å²) in [6.07, 6.45) is 0. The Morgan fingerprint density at radius 3 is 2.41 bits per heavy atom. The number of ketones is 1. The molecule has 1 aromatic carbocycles. The Balaban J connectivity index is 2.35. The Bertz CT molecular complexity index is 609. The first-order chi connectivity index (χ1) is 10.4. The zero-order valence-corrected chi connectivity index (χ0v) is 12.9. The molecule has 0 aliphatic carbocycles. The van der Waals surface area contributed by atoms with Gasteiger partial charge in [-0.25, -0.2) is 0 Å². The van der Waals surface area contributed by atoms with Gasteiger partial charge in [-0.2, -0.15) is 8.78 Å². The molecule has 6 nitrogen and oxygen atoms in total. The summed E-state index contributed by atoms with van der Waals surface area (Å²) in [5.41, 5.74) is -4.67. The zero-order valence-electron chi connectivity index (χ0n) is 12.0. The van der Waals surface area contributed by atoms with Gasteiger partial charge in [0.05, 0.1) is 13.2 Å². The number of hydrogen-bond donors (Lipinski definition) is 0. The van der Waals surface area contributed by atoms with Gasteiger partial charge in [0.25, 0.3) is 0 Å². The minimum Gasteiger partial charge on any atom is -0.454 e. The monoisotopic (exact) mass is 336 g/mol. The summed E-state index contributed by atoms with van der Waals surface area (Å²) < 4.78 is 60.1. The van der Waals surface area contributed by atoms with E-state index in [1.807, 2.05) is 0 Å². The molecule has 0 atom stereocenters. The van der Waals surface area contributed by atoms with Gasteiger partial charge in [0.15, 0.2) is 11.5 Å². The summed E-state index contributed by atoms with van der Waals surface area (Å²) in [6, 6.07) is 3.59. The van der Waals surface area contributed by atoms with Gasteiger partial charge in [-0.3, -0.25) is 9.36 Å². The highest BCUT2D eigenvalue weighted by atomic mass is 31.2. The molecule has 1 aliphatic rings. The summed E-state index contributed by atoms with van der Waals surface area (Å²) in [5.74, 6) is -1.14. The van der Waals surface area contributed by atoms with Gasteiger partial charge in [0.2, 0.25) is 12.6 Å². The summed E-state index contributed by atoms with van der Waals surface area (Å²) >= 11 is 0. The lowest BCUT2D eigenvalue weighted by Crippen LogP contribution is -2.31. The number of carbonyl (C=O) groups excluding carboxylic acids is 1. The van der Waals surface area contributed by atoms with Crippen molar-refractivity contribution in [1.29, 1.82) is 0 Å². The number of rotatable bonds is 7. The predicted octanol–water partition coefficient (Wildman–Crippen LogP) is 3.46. The number of halogens is 2. The molecule has 0 saturated carbocycles. The van der Waals surface area contributed by atoms with Crippen molar-refractivity contribution < 1.29 is 36.7 Å². The van der Waals surface area contributed by atoms with E-state index in [2.05, 4.69) is 9.05 Å². The second-order valence-corrected chi connectivity index (χ2v) is 6.34. The van der Waals surface area contributed by atoms with Crippen LogP contribution < -0.4 is 9.47 Å². The Hall–Kier alpha value is -1.50. The molecule has 0 spiro atoms. The molecule has 0 aromatic heterocycles. The van der Waals surface area contributed by atoms with Gasteiger partial charge in [0, 0.05) is 5.56 Å². The highest BCUT2D eigenvalue weighted by Gasteiger charge is 2.59. The maximum atomic E-state index is 14.3. The van der Waals surface area contributed by atoms with Crippen LogP contribution >= 0.6 is 7.60 Å². The van der Waals surface area contributed by atoms with Gasteiger partial charge < -0.3 is 18.5 Å². The summed E-state index contributed by atoms with van der Waals surface area (Å²) in [6.45, 7) is 2.15. The normalized spacial score (nSPS) is 14.2. The minimum atomic E-state index is -4.92. The largest absolute Gasteiger partial charge is 0.454 e. The zero-order chi connectivity index (χ0) is 16.4. The van der Waals surface area contributed by atoms with E-state index in [1.54, 1.807) is 0 Å². The molecule has 0 unspecified atom stereocenters. The van der Waals surface area contributed by atoms with Crippen molar-refractivity contribution >= 4 is 13.4 Å². The molecule has 1 heterocycles. The topological polar surface area (TPSA) is 71.1 Å². The van der Waals surface area contributed by atoms with Crippen molar-refractivity contribution in [1.82, 2.24) is 0 Å². The van der Waals surface area contributed by atoms with E-state index in [9.17, 15) is 18.1 Å². The molecule has 0 N–H and O–H groups in total. The summed E-state index contributed by atoms with van der Waals surface area (Å²) in [7, 11) is -4.92. The van der Waals surface area contributed by atoms with Gasteiger partial charge in [0.1, 0.15) is 0 Å². The molecule has 0 bridgehead atoms. The third-order valence-corrected chi connectivity index (χ3v) is 4.94. The fraction of sp³-hybridized carbons (Fsp3) is 0.462. The first kappa shape index (κ1) is 16.9. The Morgan fingerprint density at radius 2 is 1.82 bits per heavy atom. The lowest BCUT2D eigenvalue weighted by Gasteiger charge is -2.24.